The summed E-state index contributed by atoms with van der Waals surface area (Å²) < 4.78 is 14.4. The summed E-state index contributed by atoms with van der Waals surface area (Å²) in [5, 5.41) is 4.03. The Morgan fingerprint density at radius 1 is 1.35 bits per heavy atom. The number of hydrogen-bond donors (Lipinski definition) is 0. The normalized spacial score (nSPS) is 10.5. The van der Waals surface area contributed by atoms with Crippen molar-refractivity contribution in [3.63, 3.8) is 0 Å². The predicted octanol–water partition coefficient (Wildman–Crippen LogP) is 2.37. The van der Waals surface area contributed by atoms with E-state index in [1.807, 2.05) is 13.2 Å². The number of carbonyl (C=O) groups excluding carboxylic acids is 1. The van der Waals surface area contributed by atoms with Crippen LogP contribution in [0.25, 0.3) is 0 Å². The van der Waals surface area contributed by atoms with E-state index >= 15 is 0 Å². The molecule has 0 atom stereocenters. The Morgan fingerprint density at radius 3 is 2.65 bits per heavy atom. The third-order valence-electron chi connectivity index (χ3n) is 2.57. The molecule has 0 saturated carbocycles. The molecule has 0 fully saturated rings. The zero-order chi connectivity index (χ0) is 12.3. The minimum Gasteiger partial charge on any atom is -0.294 e. The molecule has 0 unspecified atom stereocenters. The van der Waals surface area contributed by atoms with Gasteiger partial charge < -0.3 is 0 Å². The van der Waals surface area contributed by atoms with E-state index in [0.717, 1.165) is 5.56 Å². The summed E-state index contributed by atoms with van der Waals surface area (Å²) in [5.41, 5.74) is 1.58. The van der Waals surface area contributed by atoms with Crippen molar-refractivity contribution in [3.05, 3.63) is 53.6 Å². The highest BCUT2D eigenvalue weighted by atomic mass is 19.1. The maximum atomic E-state index is 12.7. The molecule has 0 spiro atoms. The smallest absolute Gasteiger partial charge is 0.163 e. The van der Waals surface area contributed by atoms with Gasteiger partial charge in [0.25, 0.3) is 0 Å². The van der Waals surface area contributed by atoms with E-state index < -0.39 is 0 Å². The monoisotopic (exact) mass is 232 g/mol. The van der Waals surface area contributed by atoms with Crippen molar-refractivity contribution < 1.29 is 9.18 Å². The molecule has 0 bridgehead atoms. The number of aromatic nitrogens is 2. The second kappa shape index (κ2) is 4.91. The van der Waals surface area contributed by atoms with Crippen LogP contribution >= 0.6 is 0 Å². The van der Waals surface area contributed by atoms with E-state index in [0.29, 0.717) is 18.4 Å². The van der Waals surface area contributed by atoms with Gasteiger partial charge >= 0.3 is 0 Å². The molecule has 1 aromatic carbocycles. The Kier molecular flexibility index (Phi) is 3.32. The minimum atomic E-state index is -0.325. The van der Waals surface area contributed by atoms with Gasteiger partial charge in [-0.2, -0.15) is 5.10 Å². The summed E-state index contributed by atoms with van der Waals surface area (Å²) in [6.07, 6.45) is 4.71. The molecule has 0 aliphatic carbocycles. The maximum Gasteiger partial charge on any atom is 0.163 e. The van der Waals surface area contributed by atoms with Crippen molar-refractivity contribution in [2.75, 3.05) is 0 Å². The zero-order valence-corrected chi connectivity index (χ0v) is 9.56. The van der Waals surface area contributed by atoms with Crippen LogP contribution in [-0.4, -0.2) is 15.6 Å². The standard InChI is InChI=1S/C13H13FN2O/c1-16-9-10(8-15-16)2-7-13(17)11-3-5-12(14)6-4-11/h3-6,8-9H,2,7H2,1H3. The van der Waals surface area contributed by atoms with E-state index in [4.69, 9.17) is 0 Å². The van der Waals surface area contributed by atoms with Gasteiger partial charge in [0.1, 0.15) is 5.82 Å². The Balaban J connectivity index is 1.95. The highest BCUT2D eigenvalue weighted by Crippen LogP contribution is 2.09. The van der Waals surface area contributed by atoms with Gasteiger partial charge in [-0.3, -0.25) is 9.48 Å². The fourth-order valence-electron chi connectivity index (χ4n) is 1.64. The molecule has 1 aromatic heterocycles. The molecular formula is C13H13FN2O. The minimum absolute atomic E-state index is 0.0221. The SMILES string of the molecule is Cn1cc(CCC(=O)c2ccc(F)cc2)cn1. The summed E-state index contributed by atoms with van der Waals surface area (Å²) in [4.78, 5) is 11.8. The Labute approximate surface area is 98.9 Å². The predicted molar refractivity (Wildman–Crippen MR) is 62.3 cm³/mol. The maximum absolute atomic E-state index is 12.7. The second-order valence-corrected chi connectivity index (χ2v) is 3.95. The van der Waals surface area contributed by atoms with E-state index in [-0.39, 0.29) is 11.6 Å². The largest absolute Gasteiger partial charge is 0.294 e. The first kappa shape index (κ1) is 11.5. The molecule has 4 heteroatoms. The zero-order valence-electron chi connectivity index (χ0n) is 9.56. The molecule has 0 N–H and O–H groups in total. The first-order chi connectivity index (χ1) is 8.15. The van der Waals surface area contributed by atoms with Crippen LogP contribution in [0.1, 0.15) is 22.3 Å². The lowest BCUT2D eigenvalue weighted by atomic mass is 10.0. The first-order valence-corrected chi connectivity index (χ1v) is 5.41. The second-order valence-electron chi connectivity index (χ2n) is 3.95. The molecule has 0 saturated heterocycles. The van der Waals surface area contributed by atoms with E-state index in [2.05, 4.69) is 5.10 Å². The number of halogens is 1. The lowest BCUT2D eigenvalue weighted by Crippen LogP contribution is -2.00. The summed E-state index contributed by atoms with van der Waals surface area (Å²) >= 11 is 0. The number of benzene rings is 1. The van der Waals surface area contributed by atoms with Gasteiger partial charge in [0.2, 0.25) is 0 Å². The highest BCUT2D eigenvalue weighted by molar-refractivity contribution is 5.96. The fraction of sp³-hybridized carbons (Fsp3) is 0.231. The molecule has 0 aliphatic rings. The lowest BCUT2D eigenvalue weighted by molar-refractivity contribution is 0.0983. The number of aryl methyl sites for hydroxylation is 2. The number of ketones is 1. The van der Waals surface area contributed by atoms with Gasteiger partial charge in [0.05, 0.1) is 6.20 Å². The van der Waals surface area contributed by atoms with Crippen LogP contribution in [0.15, 0.2) is 36.7 Å². The first-order valence-electron chi connectivity index (χ1n) is 5.41. The summed E-state index contributed by atoms with van der Waals surface area (Å²) in [5.74, 6) is -0.303. The van der Waals surface area contributed by atoms with E-state index in [1.165, 1.54) is 24.3 Å². The van der Waals surface area contributed by atoms with E-state index in [9.17, 15) is 9.18 Å². The van der Waals surface area contributed by atoms with Crippen LogP contribution in [0, 0.1) is 5.82 Å². The third kappa shape index (κ3) is 3.00. The molecule has 0 radical (unpaired) electrons. The van der Waals surface area contributed by atoms with Crippen LogP contribution in [0.3, 0.4) is 0 Å². The van der Waals surface area contributed by atoms with Gasteiger partial charge in [-0.15, -0.1) is 0 Å². The summed E-state index contributed by atoms with van der Waals surface area (Å²) in [6, 6.07) is 5.64. The van der Waals surface area contributed by atoms with Gasteiger partial charge in [-0.1, -0.05) is 0 Å². The Bertz CT molecular complexity index is 516. The van der Waals surface area contributed by atoms with Gasteiger partial charge in [0, 0.05) is 25.2 Å². The Morgan fingerprint density at radius 2 is 2.06 bits per heavy atom. The van der Waals surface area contributed by atoms with Crippen LogP contribution in [0.5, 0.6) is 0 Å². The van der Waals surface area contributed by atoms with Crippen molar-refractivity contribution in [2.24, 2.45) is 7.05 Å². The molecule has 17 heavy (non-hydrogen) atoms. The molecule has 2 rings (SSSR count). The number of carbonyl (C=O) groups is 1. The average Bonchev–Trinajstić information content (AvgIpc) is 2.73. The van der Waals surface area contributed by atoms with Crippen molar-refractivity contribution in [3.8, 4) is 0 Å². The third-order valence-corrected chi connectivity index (χ3v) is 2.57. The van der Waals surface area contributed by atoms with Crippen molar-refractivity contribution in [2.45, 2.75) is 12.8 Å². The lowest BCUT2D eigenvalue weighted by Gasteiger charge is -1.99. The number of rotatable bonds is 4. The molecule has 2 aromatic rings. The molecule has 0 amide bonds. The quantitative estimate of drug-likeness (QED) is 0.758. The summed E-state index contributed by atoms with van der Waals surface area (Å²) in [7, 11) is 1.84. The van der Waals surface area contributed by atoms with Crippen molar-refractivity contribution in [1.29, 1.82) is 0 Å². The van der Waals surface area contributed by atoms with Crippen LogP contribution < -0.4 is 0 Å². The number of Topliss-reactive ketones (excluding diaryl/α,β-unsaturated/α-hetero) is 1. The van der Waals surface area contributed by atoms with Gasteiger partial charge in [-0.25, -0.2) is 4.39 Å². The van der Waals surface area contributed by atoms with Gasteiger partial charge in [0.15, 0.2) is 5.78 Å². The number of nitrogens with zero attached hydrogens (tertiary/aromatic N) is 2. The van der Waals surface area contributed by atoms with Crippen LogP contribution in [0.4, 0.5) is 4.39 Å². The summed E-state index contributed by atoms with van der Waals surface area (Å²) in [6.45, 7) is 0. The van der Waals surface area contributed by atoms with Crippen molar-refractivity contribution >= 4 is 5.78 Å². The van der Waals surface area contributed by atoms with Crippen LogP contribution in [0.2, 0.25) is 0 Å². The molecular weight excluding hydrogens is 219 g/mol. The molecule has 0 aliphatic heterocycles. The van der Waals surface area contributed by atoms with Crippen LogP contribution in [-0.2, 0) is 13.5 Å². The molecule has 1 heterocycles. The average molecular weight is 232 g/mol. The van der Waals surface area contributed by atoms with Crippen molar-refractivity contribution in [1.82, 2.24) is 9.78 Å². The topological polar surface area (TPSA) is 34.9 Å². The highest BCUT2D eigenvalue weighted by Gasteiger charge is 2.06. The molecule has 3 nitrogen and oxygen atoms in total. The number of hydrogen-bond acceptors (Lipinski definition) is 2. The fourth-order valence-corrected chi connectivity index (χ4v) is 1.64. The Hall–Kier alpha value is -1.97. The van der Waals surface area contributed by atoms with E-state index in [1.54, 1.807) is 10.9 Å². The van der Waals surface area contributed by atoms with Gasteiger partial charge in [-0.05, 0) is 36.2 Å². The molecule has 88 valence electrons.